The molecular weight excluding hydrogens is 233 g/mol. The molecule has 0 fully saturated rings. The third-order valence-corrected chi connectivity index (χ3v) is 2.21. The fourth-order valence-corrected chi connectivity index (χ4v) is 1.58. The zero-order valence-corrected chi connectivity index (χ0v) is 10.9. The smallest absolute Gasteiger partial charge is 0.266 e. The normalized spacial score (nSPS) is 17.6. The number of quaternary nitrogens is 1. The van der Waals surface area contributed by atoms with Crippen molar-refractivity contribution in [2.75, 3.05) is 27.7 Å². The Labute approximate surface area is 95.4 Å². The molecule has 0 heterocycles. The minimum Gasteiger partial charge on any atom is -0.756 e. The van der Waals surface area contributed by atoms with Crippen LogP contribution in [0.15, 0.2) is 12.2 Å². The molecule has 7 heteroatoms. The van der Waals surface area contributed by atoms with Gasteiger partial charge in [0.25, 0.3) is 7.82 Å². The highest BCUT2D eigenvalue weighted by atomic mass is 31.2. The molecule has 0 aliphatic rings. The Bertz CT molecular complexity index is 327. The molecule has 16 heavy (non-hydrogen) atoms. The molecule has 1 N–H and O–H groups in total. The van der Waals surface area contributed by atoms with Gasteiger partial charge in [-0.2, -0.15) is 0 Å². The maximum Gasteiger partial charge on any atom is 0.266 e. The molecule has 0 aromatic rings. The Hall–Kier alpha value is -0.520. The first-order chi connectivity index (χ1) is 6.92. The van der Waals surface area contributed by atoms with Crippen LogP contribution in [-0.4, -0.2) is 49.0 Å². The van der Waals surface area contributed by atoms with Crippen molar-refractivity contribution in [1.82, 2.24) is 0 Å². The fraction of sp³-hybridized carbons (Fsp3) is 0.667. The van der Waals surface area contributed by atoms with Gasteiger partial charge < -0.3 is 18.8 Å². The van der Waals surface area contributed by atoms with Crippen molar-refractivity contribution in [3.63, 3.8) is 0 Å². The minimum atomic E-state index is -4.92. The molecule has 2 atom stereocenters. The van der Waals surface area contributed by atoms with Crippen LogP contribution in [0.4, 0.5) is 0 Å². The first-order valence-electron chi connectivity index (χ1n) is 4.65. The van der Waals surface area contributed by atoms with E-state index in [1.165, 1.54) is 6.92 Å². The lowest BCUT2D eigenvalue weighted by molar-refractivity contribution is -0.872. The van der Waals surface area contributed by atoms with Crippen molar-refractivity contribution >= 4 is 13.6 Å². The predicted molar refractivity (Wildman–Crippen MR) is 57.4 cm³/mol. The average Bonchev–Trinajstić information content (AvgIpc) is 1.95. The summed E-state index contributed by atoms with van der Waals surface area (Å²) in [5, 5.41) is 0. The van der Waals surface area contributed by atoms with E-state index in [-0.39, 0.29) is 12.1 Å². The molecule has 0 rings (SSSR count). The van der Waals surface area contributed by atoms with E-state index in [1.807, 2.05) is 0 Å². The van der Waals surface area contributed by atoms with Gasteiger partial charge in [-0.3, -0.25) is 9.36 Å². The highest BCUT2D eigenvalue weighted by Crippen LogP contribution is 2.33. The van der Waals surface area contributed by atoms with Crippen LogP contribution in [0.2, 0.25) is 0 Å². The number of carbonyl (C=O) groups excluding carboxylic acids is 1. The first-order valence-corrected chi connectivity index (χ1v) is 6.14. The molecule has 0 aliphatic carbocycles. The highest BCUT2D eigenvalue weighted by molar-refractivity contribution is 7.44. The van der Waals surface area contributed by atoms with Crippen molar-refractivity contribution in [2.24, 2.45) is 0 Å². The zero-order chi connectivity index (χ0) is 13.1. The molecule has 2 unspecified atom stereocenters. The van der Waals surface area contributed by atoms with Gasteiger partial charge >= 0.3 is 0 Å². The van der Waals surface area contributed by atoms with E-state index in [1.54, 1.807) is 21.1 Å². The topological polar surface area (TPSA) is 86.7 Å². The van der Waals surface area contributed by atoms with Crippen LogP contribution in [0.25, 0.3) is 0 Å². The number of hydrogen-bond donors (Lipinski definition) is 1. The molecule has 0 amide bonds. The second kappa shape index (κ2) is 5.21. The van der Waals surface area contributed by atoms with Crippen LogP contribution in [0.3, 0.4) is 0 Å². The van der Waals surface area contributed by atoms with Crippen molar-refractivity contribution < 1.29 is 28.2 Å². The molecule has 0 aromatic heterocycles. The number of nitrogens with zero attached hydrogens (tertiary/aromatic N) is 1. The first kappa shape index (κ1) is 15.5. The van der Waals surface area contributed by atoms with Gasteiger partial charge in [-0.25, -0.2) is 0 Å². The average molecular weight is 251 g/mol. The summed E-state index contributed by atoms with van der Waals surface area (Å²) in [6.07, 6.45) is -1.23. The second-order valence-electron chi connectivity index (χ2n) is 4.68. The zero-order valence-electron chi connectivity index (χ0n) is 9.97. The van der Waals surface area contributed by atoms with Crippen molar-refractivity contribution in [3.05, 3.63) is 12.2 Å². The number of ketones is 1. The number of phosphoric ester groups is 1. The molecule has 94 valence electrons. The lowest BCUT2D eigenvalue weighted by Gasteiger charge is -2.30. The highest BCUT2D eigenvalue weighted by Gasteiger charge is 2.29. The second-order valence-corrected chi connectivity index (χ2v) is 5.83. The number of hydrogen-bond acceptors (Lipinski definition) is 4. The van der Waals surface area contributed by atoms with Crippen LogP contribution in [-0.2, 0) is 13.9 Å². The Morgan fingerprint density at radius 1 is 1.56 bits per heavy atom. The fourth-order valence-electron chi connectivity index (χ4n) is 1.10. The monoisotopic (exact) mass is 251 g/mol. The molecule has 0 saturated heterocycles. The summed E-state index contributed by atoms with van der Waals surface area (Å²) in [7, 11) is 0.396. The summed E-state index contributed by atoms with van der Waals surface area (Å²) < 4.78 is 15.3. The molecule has 0 radical (unpaired) electrons. The lowest BCUT2D eigenvalue weighted by atomic mass is 10.1. The summed E-state index contributed by atoms with van der Waals surface area (Å²) in [5.41, 5.74) is 0.187. The Morgan fingerprint density at radius 2 is 2.00 bits per heavy atom. The molecule has 0 bridgehead atoms. The largest absolute Gasteiger partial charge is 0.756 e. The number of phosphoric acid groups is 1. The van der Waals surface area contributed by atoms with Crippen LogP contribution in [0.1, 0.15) is 6.92 Å². The van der Waals surface area contributed by atoms with E-state index in [0.29, 0.717) is 4.48 Å². The van der Waals surface area contributed by atoms with Crippen LogP contribution >= 0.6 is 7.82 Å². The number of Topliss-reactive ketones (excluding diaryl/α,β-unsaturated/α-hetero) is 1. The molecule has 0 saturated carbocycles. The summed E-state index contributed by atoms with van der Waals surface area (Å²) in [6, 6.07) is 0. The number of likely N-dealkylation sites (N-methyl/N-ethyl adjacent to an activating group) is 1. The van der Waals surface area contributed by atoms with Gasteiger partial charge in [0.05, 0.1) is 21.1 Å². The van der Waals surface area contributed by atoms with E-state index in [0.717, 1.165) is 0 Å². The van der Waals surface area contributed by atoms with Gasteiger partial charge in [-0.05, 0) is 12.5 Å². The number of rotatable bonds is 6. The van der Waals surface area contributed by atoms with Gasteiger partial charge in [-0.1, -0.05) is 6.58 Å². The van der Waals surface area contributed by atoms with Crippen LogP contribution in [0, 0.1) is 0 Å². The summed E-state index contributed by atoms with van der Waals surface area (Å²) in [6.45, 7) is 5.01. The molecule has 6 nitrogen and oxygen atoms in total. The lowest BCUT2D eigenvalue weighted by Crippen LogP contribution is -2.45. The summed E-state index contributed by atoms with van der Waals surface area (Å²) in [5.74, 6) is -0.529. The molecule has 0 aliphatic heterocycles. The Kier molecular flexibility index (Phi) is 5.04. The van der Waals surface area contributed by atoms with E-state index in [9.17, 15) is 14.3 Å². The van der Waals surface area contributed by atoms with E-state index < -0.39 is 19.7 Å². The molecule has 0 aromatic carbocycles. The van der Waals surface area contributed by atoms with Crippen molar-refractivity contribution in [3.8, 4) is 0 Å². The maximum atomic E-state index is 11.6. The van der Waals surface area contributed by atoms with Gasteiger partial charge in [0, 0.05) is 0 Å². The van der Waals surface area contributed by atoms with E-state index >= 15 is 0 Å². The Morgan fingerprint density at radius 3 is 2.25 bits per heavy atom. The van der Waals surface area contributed by atoms with Gasteiger partial charge in [0.2, 0.25) is 0 Å². The molecule has 0 spiro atoms. The Balaban J connectivity index is 4.85. The maximum absolute atomic E-state index is 11.6. The van der Waals surface area contributed by atoms with E-state index in [2.05, 4.69) is 11.1 Å². The van der Waals surface area contributed by atoms with Crippen LogP contribution in [0.5, 0.6) is 0 Å². The van der Waals surface area contributed by atoms with Crippen LogP contribution < -0.4 is 4.89 Å². The van der Waals surface area contributed by atoms with Crippen molar-refractivity contribution in [2.45, 2.75) is 13.0 Å². The van der Waals surface area contributed by atoms with Gasteiger partial charge in [0.15, 0.2) is 11.9 Å². The molecular formula is C9H18NO5P. The van der Waals surface area contributed by atoms with Crippen molar-refractivity contribution in [1.29, 1.82) is 0 Å². The van der Waals surface area contributed by atoms with Gasteiger partial charge in [-0.15, -0.1) is 0 Å². The standard InChI is InChI=1S/C9H18NO5P/c1-7(2)9(11)8(6-10(3,4)5)15-16(12,13)14/h8H,1,6H2,2-5H3,(H-,12,13,14). The van der Waals surface area contributed by atoms with Gasteiger partial charge in [0.1, 0.15) is 6.54 Å². The summed E-state index contributed by atoms with van der Waals surface area (Å²) in [4.78, 5) is 30.8. The SMILES string of the molecule is C=C(C)C(=O)C(C[N+](C)(C)C)OP(=O)([O-])O. The number of carbonyl (C=O) groups is 1. The summed E-state index contributed by atoms with van der Waals surface area (Å²) >= 11 is 0. The minimum absolute atomic E-state index is 0.123. The van der Waals surface area contributed by atoms with E-state index in [4.69, 9.17) is 4.89 Å². The third kappa shape index (κ3) is 6.87. The predicted octanol–water partition coefficient (Wildman–Crippen LogP) is -0.316. The third-order valence-electron chi connectivity index (χ3n) is 1.69. The quantitative estimate of drug-likeness (QED) is 0.397.